The van der Waals surface area contributed by atoms with E-state index in [2.05, 4.69) is 10.1 Å². The first kappa shape index (κ1) is 11.7. The highest BCUT2D eigenvalue weighted by atomic mass is 16.5. The molecule has 1 saturated heterocycles. The van der Waals surface area contributed by atoms with Gasteiger partial charge in [-0.1, -0.05) is 5.16 Å². The number of nitrogens with two attached hydrogens (primary N) is 1. The molecule has 0 aromatic carbocycles. The minimum absolute atomic E-state index is 0.0255. The summed E-state index contributed by atoms with van der Waals surface area (Å²) >= 11 is 0. The summed E-state index contributed by atoms with van der Waals surface area (Å²) in [4.78, 5) is 3.98. The van der Waals surface area contributed by atoms with Crippen LogP contribution in [0.5, 0.6) is 5.75 Å². The number of oxime groups is 1. The highest BCUT2D eigenvalue weighted by Crippen LogP contribution is 2.18. The van der Waals surface area contributed by atoms with Crippen LogP contribution in [0.25, 0.3) is 0 Å². The van der Waals surface area contributed by atoms with E-state index in [1.165, 1.54) is 0 Å². The van der Waals surface area contributed by atoms with Crippen LogP contribution in [0.15, 0.2) is 23.5 Å². The zero-order chi connectivity index (χ0) is 12.1. The van der Waals surface area contributed by atoms with Crippen LogP contribution in [0.4, 0.5) is 0 Å². The van der Waals surface area contributed by atoms with E-state index in [0.29, 0.717) is 11.4 Å². The van der Waals surface area contributed by atoms with Gasteiger partial charge in [-0.2, -0.15) is 0 Å². The second-order valence-corrected chi connectivity index (χ2v) is 3.79. The smallest absolute Gasteiger partial charge is 0.188 e. The van der Waals surface area contributed by atoms with Crippen LogP contribution in [0.1, 0.15) is 18.5 Å². The van der Waals surface area contributed by atoms with E-state index in [9.17, 15) is 0 Å². The normalized spacial score (nSPS) is 18.0. The van der Waals surface area contributed by atoms with Crippen molar-refractivity contribution in [1.82, 2.24) is 4.98 Å². The van der Waals surface area contributed by atoms with Crippen molar-refractivity contribution in [3.63, 3.8) is 0 Å². The van der Waals surface area contributed by atoms with Crippen molar-refractivity contribution < 1.29 is 14.7 Å². The highest BCUT2D eigenvalue weighted by molar-refractivity contribution is 5.95. The molecule has 3 N–H and O–H groups in total. The Morgan fingerprint density at radius 1 is 1.53 bits per heavy atom. The number of pyridine rings is 1. The molecule has 6 heteroatoms. The fourth-order valence-electron chi connectivity index (χ4n) is 1.66. The second kappa shape index (κ2) is 5.49. The molecule has 0 amide bonds. The minimum atomic E-state index is -0.0255. The number of ether oxygens (including phenoxy) is 2. The summed E-state index contributed by atoms with van der Waals surface area (Å²) in [5.41, 5.74) is 5.86. The molecule has 1 fully saturated rings. The molecule has 2 heterocycles. The monoisotopic (exact) mass is 237 g/mol. The van der Waals surface area contributed by atoms with E-state index in [0.717, 1.165) is 26.1 Å². The quantitative estimate of drug-likeness (QED) is 0.350. The van der Waals surface area contributed by atoms with Gasteiger partial charge in [0.25, 0.3) is 0 Å². The number of hydrogen-bond donors (Lipinski definition) is 2. The lowest BCUT2D eigenvalue weighted by Crippen LogP contribution is -2.26. The average molecular weight is 237 g/mol. The zero-order valence-electron chi connectivity index (χ0n) is 9.37. The van der Waals surface area contributed by atoms with Gasteiger partial charge in [-0.05, 0) is 6.07 Å². The molecule has 0 atom stereocenters. The van der Waals surface area contributed by atoms with E-state index >= 15 is 0 Å². The summed E-state index contributed by atoms with van der Waals surface area (Å²) in [6.07, 6.45) is 3.48. The van der Waals surface area contributed by atoms with Gasteiger partial charge in [0, 0.05) is 25.1 Å². The Morgan fingerprint density at radius 2 is 2.29 bits per heavy atom. The van der Waals surface area contributed by atoms with Crippen molar-refractivity contribution in [2.45, 2.75) is 18.9 Å². The third kappa shape index (κ3) is 3.07. The van der Waals surface area contributed by atoms with Gasteiger partial charge in [0.15, 0.2) is 5.84 Å². The zero-order valence-corrected chi connectivity index (χ0v) is 9.37. The topological polar surface area (TPSA) is 90.0 Å². The Labute approximate surface area is 99.0 Å². The minimum Gasteiger partial charge on any atom is -0.490 e. The molecule has 0 saturated carbocycles. The number of amidine groups is 1. The summed E-state index contributed by atoms with van der Waals surface area (Å²) < 4.78 is 11.0. The lowest BCUT2D eigenvalue weighted by Gasteiger charge is -2.23. The van der Waals surface area contributed by atoms with Gasteiger partial charge in [-0.25, -0.2) is 0 Å². The Balaban J connectivity index is 2.05. The van der Waals surface area contributed by atoms with Crippen molar-refractivity contribution >= 4 is 5.84 Å². The van der Waals surface area contributed by atoms with E-state index < -0.39 is 0 Å². The first-order valence-electron chi connectivity index (χ1n) is 5.48. The van der Waals surface area contributed by atoms with Crippen LogP contribution in [-0.4, -0.2) is 35.3 Å². The molecular weight excluding hydrogens is 222 g/mol. The molecule has 92 valence electrons. The standard InChI is InChI=1S/C11H15N3O3/c12-11(14-15)10-7-9(1-4-13-10)17-8-2-5-16-6-3-8/h1,4,7-8,15H,2-3,5-6H2,(H2,12,14). The molecule has 6 nitrogen and oxygen atoms in total. The molecule has 0 unspecified atom stereocenters. The van der Waals surface area contributed by atoms with Crippen molar-refractivity contribution in [2.24, 2.45) is 10.9 Å². The van der Waals surface area contributed by atoms with Gasteiger partial charge in [-0.15, -0.1) is 0 Å². The molecular formula is C11H15N3O3. The van der Waals surface area contributed by atoms with Crippen molar-refractivity contribution in [2.75, 3.05) is 13.2 Å². The maximum absolute atomic E-state index is 8.57. The summed E-state index contributed by atoms with van der Waals surface area (Å²) in [5, 5.41) is 11.5. The van der Waals surface area contributed by atoms with Crippen molar-refractivity contribution in [1.29, 1.82) is 0 Å². The lowest BCUT2D eigenvalue weighted by atomic mass is 10.1. The Morgan fingerprint density at radius 3 is 3.00 bits per heavy atom. The first-order chi connectivity index (χ1) is 8.29. The van der Waals surface area contributed by atoms with Gasteiger partial charge >= 0.3 is 0 Å². The predicted molar refractivity (Wildman–Crippen MR) is 61.2 cm³/mol. The van der Waals surface area contributed by atoms with E-state index in [4.69, 9.17) is 20.4 Å². The first-order valence-corrected chi connectivity index (χ1v) is 5.48. The third-order valence-electron chi connectivity index (χ3n) is 2.57. The largest absolute Gasteiger partial charge is 0.490 e. The molecule has 1 aliphatic heterocycles. The van der Waals surface area contributed by atoms with Gasteiger partial charge in [0.05, 0.1) is 13.2 Å². The maximum Gasteiger partial charge on any atom is 0.188 e. The maximum atomic E-state index is 8.57. The highest BCUT2D eigenvalue weighted by Gasteiger charge is 2.15. The summed E-state index contributed by atoms with van der Waals surface area (Å²) in [7, 11) is 0. The molecule has 0 spiro atoms. The van der Waals surface area contributed by atoms with E-state index in [1.54, 1.807) is 18.3 Å². The Hall–Kier alpha value is -1.82. The lowest BCUT2D eigenvalue weighted by molar-refractivity contribution is 0.0255. The van der Waals surface area contributed by atoms with Crippen LogP contribution in [0, 0.1) is 0 Å². The van der Waals surface area contributed by atoms with Crippen LogP contribution in [-0.2, 0) is 4.74 Å². The summed E-state index contributed by atoms with van der Waals surface area (Å²) in [6.45, 7) is 1.45. The van der Waals surface area contributed by atoms with Gasteiger partial charge in [0.2, 0.25) is 0 Å². The summed E-state index contributed by atoms with van der Waals surface area (Å²) in [6, 6.07) is 3.41. The van der Waals surface area contributed by atoms with Crippen LogP contribution < -0.4 is 10.5 Å². The molecule has 0 bridgehead atoms. The Kier molecular flexibility index (Phi) is 3.77. The van der Waals surface area contributed by atoms with Crippen LogP contribution >= 0.6 is 0 Å². The van der Waals surface area contributed by atoms with Gasteiger partial charge in [0.1, 0.15) is 17.5 Å². The molecule has 2 rings (SSSR count). The van der Waals surface area contributed by atoms with Gasteiger partial charge in [-0.3, -0.25) is 4.98 Å². The molecule has 17 heavy (non-hydrogen) atoms. The number of nitrogens with zero attached hydrogens (tertiary/aromatic N) is 2. The van der Waals surface area contributed by atoms with Crippen molar-refractivity contribution in [3.8, 4) is 5.75 Å². The average Bonchev–Trinajstić information content (AvgIpc) is 2.39. The third-order valence-corrected chi connectivity index (χ3v) is 2.57. The summed E-state index contributed by atoms with van der Waals surface area (Å²) in [5.74, 6) is 0.649. The predicted octanol–water partition coefficient (Wildman–Crippen LogP) is 0.734. The van der Waals surface area contributed by atoms with E-state index in [1.807, 2.05) is 0 Å². The molecule has 1 aromatic heterocycles. The molecule has 1 aliphatic rings. The van der Waals surface area contributed by atoms with E-state index in [-0.39, 0.29) is 11.9 Å². The second-order valence-electron chi connectivity index (χ2n) is 3.79. The Bertz CT molecular complexity index is 403. The fraction of sp³-hybridized carbons (Fsp3) is 0.455. The molecule has 0 aliphatic carbocycles. The van der Waals surface area contributed by atoms with Crippen LogP contribution in [0.2, 0.25) is 0 Å². The van der Waals surface area contributed by atoms with Crippen LogP contribution in [0.3, 0.4) is 0 Å². The SMILES string of the molecule is NC(=NO)c1cc(OC2CCOCC2)ccn1. The molecule has 0 radical (unpaired) electrons. The fourth-order valence-corrected chi connectivity index (χ4v) is 1.66. The van der Waals surface area contributed by atoms with Crippen molar-refractivity contribution in [3.05, 3.63) is 24.0 Å². The number of rotatable bonds is 3. The number of aromatic nitrogens is 1. The molecule has 1 aromatic rings. The van der Waals surface area contributed by atoms with Gasteiger partial charge < -0.3 is 20.4 Å². The number of hydrogen-bond acceptors (Lipinski definition) is 5.